The Kier molecular flexibility index (Phi) is 10.5. The Hall–Kier alpha value is -5.35. The molecule has 0 saturated carbocycles. The number of likely N-dealkylation sites (N-methyl/N-ethyl adjacent to an activating group) is 1. The lowest BCUT2D eigenvalue weighted by molar-refractivity contribution is -0.112. The van der Waals surface area contributed by atoms with Gasteiger partial charge in [0.05, 0.1) is 60.5 Å². The molecule has 5 aromatic rings. The van der Waals surface area contributed by atoms with Crippen LogP contribution in [0, 0.1) is 17.1 Å². The van der Waals surface area contributed by atoms with Crippen LogP contribution in [0.25, 0.3) is 21.8 Å². The Bertz CT molecular complexity index is 2100. The number of ether oxygens (including phenoxy) is 2. The van der Waals surface area contributed by atoms with Crippen LogP contribution in [0.15, 0.2) is 79.1 Å². The number of nitrogens with zero attached hydrogens (tertiary/aromatic N) is 6. The van der Waals surface area contributed by atoms with Crippen molar-refractivity contribution in [2.75, 3.05) is 63.7 Å². The van der Waals surface area contributed by atoms with Gasteiger partial charge in [0.1, 0.15) is 17.6 Å². The maximum Gasteiger partial charge on any atom is 0.248 e. The van der Waals surface area contributed by atoms with E-state index >= 15 is 0 Å². The summed E-state index contributed by atoms with van der Waals surface area (Å²) >= 11 is 0. The van der Waals surface area contributed by atoms with Gasteiger partial charge in [0, 0.05) is 60.5 Å². The lowest BCUT2D eigenvalue weighted by Gasteiger charge is -2.26. The van der Waals surface area contributed by atoms with Crippen LogP contribution >= 0.6 is 0 Å². The molecule has 1 atom stereocenters. The zero-order valence-electron chi connectivity index (χ0n) is 28.6. The molecule has 51 heavy (non-hydrogen) atoms. The molecule has 3 aromatic carbocycles. The molecule has 2 aliphatic heterocycles. The van der Waals surface area contributed by atoms with Gasteiger partial charge < -0.3 is 20.1 Å². The summed E-state index contributed by atoms with van der Waals surface area (Å²) in [5, 5.41) is 22.7. The van der Waals surface area contributed by atoms with Gasteiger partial charge in [-0.1, -0.05) is 18.2 Å². The first kappa shape index (κ1) is 34.1. The zero-order valence-corrected chi connectivity index (χ0v) is 28.6. The van der Waals surface area contributed by atoms with E-state index < -0.39 is 0 Å². The van der Waals surface area contributed by atoms with Crippen molar-refractivity contribution in [3.05, 3.63) is 96.1 Å². The molecule has 7 rings (SSSR count). The smallest absolute Gasteiger partial charge is 0.248 e. The predicted molar refractivity (Wildman–Crippen MR) is 196 cm³/mol. The number of pyridine rings is 1. The Morgan fingerprint density at radius 1 is 1.14 bits per heavy atom. The third kappa shape index (κ3) is 8.18. The fourth-order valence-corrected chi connectivity index (χ4v) is 6.75. The highest BCUT2D eigenvalue weighted by molar-refractivity contribution is 6.05. The van der Waals surface area contributed by atoms with Crippen LogP contribution in [0.4, 0.5) is 21.5 Å². The molecule has 2 aliphatic rings. The van der Waals surface area contributed by atoms with Crippen molar-refractivity contribution in [3.63, 3.8) is 0 Å². The minimum absolute atomic E-state index is 0.229. The van der Waals surface area contributed by atoms with E-state index in [1.54, 1.807) is 24.5 Å². The molecule has 2 aromatic heterocycles. The SMILES string of the molecule is CN1CCCC1/C=C/C(=O)Nc1cc2c(Nc3ccc4c(cnn4Cc4cccc(F)c4)c3)c(C#N)cnc2cc1OCCCN1CCOCC1. The third-order valence-electron chi connectivity index (χ3n) is 9.51. The molecule has 0 bridgehead atoms. The van der Waals surface area contributed by atoms with Crippen molar-refractivity contribution >= 4 is 44.8 Å². The monoisotopic (exact) mass is 688 g/mol. The quantitative estimate of drug-likeness (QED) is 0.119. The molecule has 0 radical (unpaired) electrons. The molecule has 262 valence electrons. The van der Waals surface area contributed by atoms with Crippen molar-refractivity contribution in [2.45, 2.75) is 31.8 Å². The van der Waals surface area contributed by atoms with Gasteiger partial charge in [-0.05, 0) is 74.8 Å². The van der Waals surface area contributed by atoms with Gasteiger partial charge in [0.2, 0.25) is 5.91 Å². The molecule has 11 nitrogen and oxygen atoms in total. The van der Waals surface area contributed by atoms with E-state index in [2.05, 4.69) is 43.6 Å². The number of halogens is 1. The van der Waals surface area contributed by atoms with E-state index in [4.69, 9.17) is 9.47 Å². The van der Waals surface area contributed by atoms with Crippen LogP contribution in [0.1, 0.15) is 30.4 Å². The number of carbonyl (C=O) groups is 1. The standard InChI is InChI=1S/C39H41FN8O3/c1-46-12-3-7-32(46)9-11-38(49)45-35-21-33-34(22-37(35)51-16-4-13-47-14-17-50-18-15-47)42-24-29(23-41)39(33)44-31-8-10-36-28(20-31)25-43-48(36)26-27-5-2-6-30(40)19-27/h2,5-6,8-11,19-22,24-25,32H,3-4,7,12-18,26H2,1H3,(H,42,44)(H,45,49)/b11-9+. The number of fused-ring (bicyclic) bond motifs is 2. The molecule has 1 amide bonds. The van der Waals surface area contributed by atoms with E-state index in [1.807, 2.05) is 47.2 Å². The van der Waals surface area contributed by atoms with Crippen molar-refractivity contribution in [3.8, 4) is 11.8 Å². The molecule has 2 saturated heterocycles. The second-order valence-corrected chi connectivity index (χ2v) is 13.0. The van der Waals surface area contributed by atoms with Crippen LogP contribution in [-0.2, 0) is 16.1 Å². The summed E-state index contributed by atoms with van der Waals surface area (Å²) in [6, 6.07) is 18.4. The van der Waals surface area contributed by atoms with E-state index in [0.29, 0.717) is 46.7 Å². The minimum atomic E-state index is -0.285. The Balaban J connectivity index is 1.16. The van der Waals surface area contributed by atoms with Gasteiger partial charge in [-0.3, -0.25) is 24.3 Å². The van der Waals surface area contributed by atoms with Crippen molar-refractivity contribution in [1.82, 2.24) is 24.6 Å². The summed E-state index contributed by atoms with van der Waals surface area (Å²) in [5.41, 5.74) is 4.48. The van der Waals surface area contributed by atoms with Crippen molar-refractivity contribution < 1.29 is 18.7 Å². The van der Waals surface area contributed by atoms with Gasteiger partial charge in [-0.25, -0.2) is 4.39 Å². The van der Waals surface area contributed by atoms with Gasteiger partial charge in [0.25, 0.3) is 0 Å². The summed E-state index contributed by atoms with van der Waals surface area (Å²) < 4.78 is 27.4. The Labute approximate surface area is 296 Å². The maximum absolute atomic E-state index is 13.8. The molecular formula is C39H41FN8O3. The van der Waals surface area contributed by atoms with E-state index in [0.717, 1.165) is 80.8 Å². The number of benzene rings is 3. The number of rotatable bonds is 12. The summed E-state index contributed by atoms with van der Waals surface area (Å²) in [6.07, 6.45) is 9.79. The number of nitrogens with one attached hydrogen (secondary N) is 2. The number of hydrogen-bond donors (Lipinski definition) is 2. The Morgan fingerprint density at radius 2 is 2.02 bits per heavy atom. The van der Waals surface area contributed by atoms with Crippen LogP contribution in [0.2, 0.25) is 0 Å². The number of anilines is 3. The number of carbonyl (C=O) groups excluding carboxylic acids is 1. The molecule has 4 heterocycles. The summed E-state index contributed by atoms with van der Waals surface area (Å²) in [5.74, 6) is -0.0289. The molecule has 1 unspecified atom stereocenters. The number of hydrogen-bond acceptors (Lipinski definition) is 9. The lowest BCUT2D eigenvalue weighted by Crippen LogP contribution is -2.37. The number of nitriles is 1. The summed E-state index contributed by atoms with van der Waals surface area (Å²) in [6.45, 7) is 6.10. The average Bonchev–Trinajstić information content (AvgIpc) is 3.74. The number of likely N-dealkylation sites (tertiary alicyclic amines) is 1. The highest BCUT2D eigenvalue weighted by atomic mass is 19.1. The second-order valence-electron chi connectivity index (χ2n) is 13.0. The maximum atomic E-state index is 13.8. The normalized spacial score (nSPS) is 16.9. The zero-order chi connectivity index (χ0) is 35.2. The molecule has 0 aliphatic carbocycles. The molecule has 0 spiro atoms. The van der Waals surface area contributed by atoms with Crippen LogP contribution in [0.3, 0.4) is 0 Å². The topological polar surface area (TPSA) is 121 Å². The summed E-state index contributed by atoms with van der Waals surface area (Å²) in [4.78, 5) is 22.5. The van der Waals surface area contributed by atoms with Crippen LogP contribution in [0.5, 0.6) is 5.75 Å². The average molecular weight is 689 g/mol. The number of aromatic nitrogens is 3. The van der Waals surface area contributed by atoms with Gasteiger partial charge in [-0.15, -0.1) is 0 Å². The molecule has 12 heteroatoms. The number of amides is 1. The van der Waals surface area contributed by atoms with Crippen LogP contribution in [-0.4, -0.2) is 89.6 Å². The fraction of sp³-hybridized carbons (Fsp3) is 0.333. The van der Waals surface area contributed by atoms with Gasteiger partial charge in [0.15, 0.2) is 0 Å². The first-order chi connectivity index (χ1) is 24.9. The minimum Gasteiger partial charge on any atom is -0.491 e. The second kappa shape index (κ2) is 15.7. The third-order valence-corrected chi connectivity index (χ3v) is 9.51. The highest BCUT2D eigenvalue weighted by Gasteiger charge is 2.19. The first-order valence-corrected chi connectivity index (χ1v) is 17.4. The van der Waals surface area contributed by atoms with E-state index in [1.165, 1.54) is 12.1 Å². The molecular weight excluding hydrogens is 647 g/mol. The Morgan fingerprint density at radius 3 is 2.82 bits per heavy atom. The number of morpholine rings is 1. The van der Waals surface area contributed by atoms with E-state index in [9.17, 15) is 14.4 Å². The highest BCUT2D eigenvalue weighted by Crippen LogP contribution is 2.37. The summed E-state index contributed by atoms with van der Waals surface area (Å²) in [7, 11) is 2.07. The van der Waals surface area contributed by atoms with Crippen LogP contribution < -0.4 is 15.4 Å². The van der Waals surface area contributed by atoms with Gasteiger partial charge >= 0.3 is 0 Å². The van der Waals surface area contributed by atoms with E-state index in [-0.39, 0.29) is 17.8 Å². The van der Waals surface area contributed by atoms with Crippen molar-refractivity contribution in [2.24, 2.45) is 0 Å². The van der Waals surface area contributed by atoms with Gasteiger partial charge in [-0.2, -0.15) is 10.4 Å². The largest absolute Gasteiger partial charge is 0.491 e. The fourth-order valence-electron chi connectivity index (χ4n) is 6.75. The van der Waals surface area contributed by atoms with Crippen molar-refractivity contribution in [1.29, 1.82) is 5.26 Å². The predicted octanol–water partition coefficient (Wildman–Crippen LogP) is 6.08. The first-order valence-electron chi connectivity index (χ1n) is 17.4. The lowest BCUT2D eigenvalue weighted by atomic mass is 10.1. The molecule has 2 fully saturated rings. The molecule has 2 N–H and O–H groups in total.